The number of benzene rings is 1. The number of furan rings is 1. The topological polar surface area (TPSA) is 28.4 Å². The van der Waals surface area contributed by atoms with Crippen LogP contribution in [0.25, 0.3) is 11.0 Å². The Kier molecular flexibility index (Phi) is 4.04. The molecule has 1 aromatic carbocycles. The first-order valence-electron chi connectivity index (χ1n) is 6.45. The zero-order chi connectivity index (χ0) is 13.1. The van der Waals surface area contributed by atoms with Gasteiger partial charge < -0.3 is 14.6 Å². The number of fused-ring (bicyclic) bond motifs is 1. The van der Waals surface area contributed by atoms with Crippen molar-refractivity contribution in [2.75, 3.05) is 14.1 Å². The van der Waals surface area contributed by atoms with Crippen LogP contribution in [0.5, 0.6) is 0 Å². The highest BCUT2D eigenvalue weighted by atomic mass is 16.3. The van der Waals surface area contributed by atoms with Crippen LogP contribution in [0.1, 0.15) is 25.2 Å². The largest absolute Gasteiger partial charge is 0.459 e. The molecule has 0 amide bonds. The lowest BCUT2D eigenvalue weighted by Gasteiger charge is -2.11. The molecule has 0 radical (unpaired) electrons. The summed E-state index contributed by atoms with van der Waals surface area (Å²) in [5.41, 5.74) is 2.28. The number of hydrogen-bond acceptors (Lipinski definition) is 3. The first kappa shape index (κ1) is 13.1. The second-order valence-corrected chi connectivity index (χ2v) is 5.27. The zero-order valence-corrected chi connectivity index (χ0v) is 11.7. The molecule has 0 spiro atoms. The summed E-state index contributed by atoms with van der Waals surface area (Å²) in [5.74, 6) is 1.05. The molecule has 2 aromatic rings. The molecule has 3 heteroatoms. The summed E-state index contributed by atoms with van der Waals surface area (Å²) in [6, 6.07) is 8.72. The molecule has 0 saturated heterocycles. The molecule has 0 unspecified atom stereocenters. The maximum Gasteiger partial charge on any atom is 0.134 e. The molecule has 0 saturated carbocycles. The summed E-state index contributed by atoms with van der Waals surface area (Å²) in [6.45, 7) is 5.99. The Hall–Kier alpha value is -1.32. The van der Waals surface area contributed by atoms with Crippen molar-refractivity contribution in [2.45, 2.75) is 33.0 Å². The Balaban J connectivity index is 2.36. The number of nitrogens with zero attached hydrogens (tertiary/aromatic N) is 1. The van der Waals surface area contributed by atoms with E-state index in [-0.39, 0.29) is 0 Å². The minimum absolute atomic E-state index is 0.463. The average Bonchev–Trinajstić information content (AvgIpc) is 2.64. The van der Waals surface area contributed by atoms with Gasteiger partial charge in [-0.05, 0) is 20.2 Å². The van der Waals surface area contributed by atoms with E-state index < -0.39 is 0 Å². The smallest absolute Gasteiger partial charge is 0.134 e. The number of para-hydroxylation sites is 1. The van der Waals surface area contributed by atoms with Crippen LogP contribution in [0.4, 0.5) is 0 Å². The highest BCUT2D eigenvalue weighted by molar-refractivity contribution is 5.82. The van der Waals surface area contributed by atoms with Crippen LogP contribution in [0.2, 0.25) is 0 Å². The highest BCUT2D eigenvalue weighted by Crippen LogP contribution is 2.26. The van der Waals surface area contributed by atoms with Crippen molar-refractivity contribution in [3.63, 3.8) is 0 Å². The molecule has 98 valence electrons. The molecule has 0 aliphatic carbocycles. The van der Waals surface area contributed by atoms with E-state index in [9.17, 15) is 0 Å². The van der Waals surface area contributed by atoms with Gasteiger partial charge in [0.2, 0.25) is 0 Å². The molecule has 0 bridgehead atoms. The molecule has 3 nitrogen and oxygen atoms in total. The van der Waals surface area contributed by atoms with E-state index in [0.717, 1.165) is 24.4 Å². The van der Waals surface area contributed by atoms with Gasteiger partial charge in [0, 0.05) is 23.5 Å². The van der Waals surface area contributed by atoms with Crippen LogP contribution in [0.3, 0.4) is 0 Å². The first-order chi connectivity index (χ1) is 8.58. The third-order valence-corrected chi connectivity index (χ3v) is 2.93. The van der Waals surface area contributed by atoms with Crippen LogP contribution in [-0.4, -0.2) is 25.0 Å². The fraction of sp³-hybridized carbons (Fsp3) is 0.467. The molecule has 0 atom stereocenters. The number of nitrogens with one attached hydrogen (secondary N) is 1. The third kappa shape index (κ3) is 2.92. The Bertz CT molecular complexity index is 514. The summed E-state index contributed by atoms with van der Waals surface area (Å²) < 4.78 is 5.96. The molecule has 1 aromatic heterocycles. The summed E-state index contributed by atoms with van der Waals surface area (Å²) in [7, 11) is 4.17. The number of rotatable bonds is 5. The van der Waals surface area contributed by atoms with E-state index >= 15 is 0 Å². The van der Waals surface area contributed by atoms with E-state index in [0.29, 0.717) is 6.04 Å². The zero-order valence-electron chi connectivity index (χ0n) is 11.7. The minimum atomic E-state index is 0.463. The second kappa shape index (κ2) is 5.55. The SMILES string of the molecule is CC(C)NCc1oc2ccccc2c1CN(C)C. The average molecular weight is 246 g/mol. The Morgan fingerprint density at radius 1 is 1.22 bits per heavy atom. The summed E-state index contributed by atoms with van der Waals surface area (Å²) in [4.78, 5) is 2.18. The molecule has 1 N–H and O–H groups in total. The number of hydrogen-bond donors (Lipinski definition) is 1. The first-order valence-corrected chi connectivity index (χ1v) is 6.45. The van der Waals surface area contributed by atoms with Crippen molar-refractivity contribution in [1.82, 2.24) is 10.2 Å². The van der Waals surface area contributed by atoms with E-state index in [1.54, 1.807) is 0 Å². The fourth-order valence-electron chi connectivity index (χ4n) is 2.08. The molecule has 0 aliphatic rings. The van der Waals surface area contributed by atoms with Crippen molar-refractivity contribution in [3.05, 3.63) is 35.6 Å². The monoisotopic (exact) mass is 246 g/mol. The molecular formula is C15H22N2O. The van der Waals surface area contributed by atoms with Gasteiger partial charge in [0.25, 0.3) is 0 Å². The predicted molar refractivity (Wildman–Crippen MR) is 75.6 cm³/mol. The lowest BCUT2D eigenvalue weighted by atomic mass is 10.1. The van der Waals surface area contributed by atoms with Crippen LogP contribution < -0.4 is 5.32 Å². The molecule has 2 rings (SSSR count). The molecule has 0 aliphatic heterocycles. The van der Waals surface area contributed by atoms with Gasteiger partial charge in [-0.15, -0.1) is 0 Å². The van der Waals surface area contributed by atoms with E-state index in [1.807, 2.05) is 12.1 Å². The maximum atomic E-state index is 5.96. The van der Waals surface area contributed by atoms with Gasteiger partial charge in [0.05, 0.1) is 6.54 Å². The molecule has 0 fully saturated rings. The summed E-state index contributed by atoms with van der Waals surface area (Å²) >= 11 is 0. The molecule has 18 heavy (non-hydrogen) atoms. The minimum Gasteiger partial charge on any atom is -0.459 e. The Morgan fingerprint density at radius 2 is 1.94 bits per heavy atom. The fourth-order valence-corrected chi connectivity index (χ4v) is 2.08. The third-order valence-electron chi connectivity index (χ3n) is 2.93. The normalized spacial score (nSPS) is 11.9. The maximum absolute atomic E-state index is 5.96. The van der Waals surface area contributed by atoms with Gasteiger partial charge in [0.1, 0.15) is 11.3 Å². The lowest BCUT2D eigenvalue weighted by molar-refractivity contribution is 0.392. The van der Waals surface area contributed by atoms with Crippen LogP contribution in [0, 0.1) is 0 Å². The highest BCUT2D eigenvalue weighted by Gasteiger charge is 2.14. The molecule has 1 heterocycles. The van der Waals surface area contributed by atoms with Crippen LogP contribution in [-0.2, 0) is 13.1 Å². The Labute approximate surface area is 109 Å². The Morgan fingerprint density at radius 3 is 2.61 bits per heavy atom. The van der Waals surface area contributed by atoms with Crippen molar-refractivity contribution < 1.29 is 4.42 Å². The van der Waals surface area contributed by atoms with Crippen molar-refractivity contribution >= 4 is 11.0 Å². The van der Waals surface area contributed by atoms with E-state index in [2.05, 4.69) is 50.3 Å². The van der Waals surface area contributed by atoms with Crippen molar-refractivity contribution in [3.8, 4) is 0 Å². The van der Waals surface area contributed by atoms with Gasteiger partial charge in [-0.3, -0.25) is 0 Å². The van der Waals surface area contributed by atoms with Crippen LogP contribution in [0.15, 0.2) is 28.7 Å². The summed E-state index contributed by atoms with van der Waals surface area (Å²) in [6.07, 6.45) is 0. The van der Waals surface area contributed by atoms with Gasteiger partial charge >= 0.3 is 0 Å². The van der Waals surface area contributed by atoms with E-state index in [4.69, 9.17) is 4.42 Å². The van der Waals surface area contributed by atoms with Gasteiger partial charge in [0.15, 0.2) is 0 Å². The molecular weight excluding hydrogens is 224 g/mol. The van der Waals surface area contributed by atoms with E-state index in [1.165, 1.54) is 10.9 Å². The van der Waals surface area contributed by atoms with Gasteiger partial charge in [-0.1, -0.05) is 32.0 Å². The summed E-state index contributed by atoms with van der Waals surface area (Å²) in [5, 5.41) is 4.65. The van der Waals surface area contributed by atoms with Crippen LogP contribution >= 0.6 is 0 Å². The standard InChI is InChI=1S/C15H22N2O/c1-11(2)16-9-15-13(10-17(3)4)12-7-5-6-8-14(12)18-15/h5-8,11,16H,9-10H2,1-4H3. The second-order valence-electron chi connectivity index (χ2n) is 5.27. The van der Waals surface area contributed by atoms with Crippen molar-refractivity contribution in [2.24, 2.45) is 0 Å². The van der Waals surface area contributed by atoms with Gasteiger partial charge in [-0.25, -0.2) is 0 Å². The van der Waals surface area contributed by atoms with Gasteiger partial charge in [-0.2, -0.15) is 0 Å². The predicted octanol–water partition coefficient (Wildman–Crippen LogP) is 2.99. The lowest BCUT2D eigenvalue weighted by Crippen LogP contribution is -2.22. The van der Waals surface area contributed by atoms with Crippen molar-refractivity contribution in [1.29, 1.82) is 0 Å². The quantitative estimate of drug-likeness (QED) is 0.879.